The Morgan fingerprint density at radius 2 is 2.21 bits per heavy atom. The van der Waals surface area contributed by atoms with Gasteiger partial charge in [-0.3, -0.25) is 4.79 Å². The maximum atomic E-state index is 12.0. The Hall–Kier alpha value is -1.33. The maximum Gasteiger partial charge on any atom is 0.252 e. The molecule has 0 atom stereocenters. The third-order valence-electron chi connectivity index (χ3n) is 2.53. The van der Waals surface area contributed by atoms with Crippen LogP contribution in [0.25, 0.3) is 0 Å². The van der Waals surface area contributed by atoms with Crippen molar-refractivity contribution in [3.8, 4) is 0 Å². The van der Waals surface area contributed by atoms with Crippen LogP contribution in [0.1, 0.15) is 23.7 Å². The minimum Gasteiger partial charge on any atom is -0.370 e. The highest BCUT2D eigenvalue weighted by molar-refractivity contribution is 6.33. The monoisotopic (exact) mass is 284 g/mol. The molecule has 0 spiro atoms. The molecule has 1 aromatic rings. The number of nitrogens with zero attached hydrogens (tertiary/aromatic N) is 2. The summed E-state index contributed by atoms with van der Waals surface area (Å²) >= 11 is 6.00. The first-order valence-corrected chi connectivity index (χ1v) is 6.74. The lowest BCUT2D eigenvalue weighted by molar-refractivity contribution is 0.0952. The first kappa shape index (κ1) is 15.7. The Kier molecular flexibility index (Phi) is 6.59. The van der Waals surface area contributed by atoms with Crippen molar-refractivity contribution in [2.24, 2.45) is 0 Å². The van der Waals surface area contributed by atoms with Crippen molar-refractivity contribution < 1.29 is 4.79 Å². The van der Waals surface area contributed by atoms with E-state index in [4.69, 9.17) is 11.6 Å². The number of halogens is 1. The van der Waals surface area contributed by atoms with E-state index in [0.717, 1.165) is 19.5 Å². The van der Waals surface area contributed by atoms with Crippen LogP contribution >= 0.6 is 11.6 Å². The number of carbonyl (C=O) groups is 1. The molecule has 0 aliphatic carbocycles. The van der Waals surface area contributed by atoms with E-state index in [9.17, 15) is 4.79 Å². The minimum absolute atomic E-state index is 0.162. The van der Waals surface area contributed by atoms with E-state index in [1.807, 2.05) is 21.0 Å². The van der Waals surface area contributed by atoms with Gasteiger partial charge in [-0.2, -0.15) is 0 Å². The third-order valence-corrected chi connectivity index (χ3v) is 2.83. The maximum absolute atomic E-state index is 12.0. The van der Waals surface area contributed by atoms with Gasteiger partial charge in [0.25, 0.3) is 5.91 Å². The van der Waals surface area contributed by atoms with E-state index in [-0.39, 0.29) is 5.91 Å². The number of rotatable bonds is 7. The molecule has 0 aliphatic rings. The molecule has 0 saturated heterocycles. The van der Waals surface area contributed by atoms with Gasteiger partial charge in [-0.1, -0.05) is 11.6 Å². The zero-order valence-corrected chi connectivity index (χ0v) is 12.4. The Morgan fingerprint density at radius 1 is 1.47 bits per heavy atom. The summed E-state index contributed by atoms with van der Waals surface area (Å²) in [5.41, 5.74) is 0.456. The highest BCUT2D eigenvalue weighted by Crippen LogP contribution is 2.17. The van der Waals surface area contributed by atoms with Crippen LogP contribution in [0.3, 0.4) is 0 Å². The average Bonchev–Trinajstić information content (AvgIpc) is 2.36. The van der Waals surface area contributed by atoms with Gasteiger partial charge >= 0.3 is 0 Å². The van der Waals surface area contributed by atoms with E-state index in [2.05, 4.69) is 20.5 Å². The van der Waals surface area contributed by atoms with Crippen molar-refractivity contribution in [3.05, 3.63) is 22.8 Å². The highest BCUT2D eigenvalue weighted by Gasteiger charge is 2.11. The quantitative estimate of drug-likeness (QED) is 0.750. The van der Waals surface area contributed by atoms with Gasteiger partial charge in [0.05, 0.1) is 10.6 Å². The predicted molar refractivity (Wildman–Crippen MR) is 78.9 cm³/mol. The molecule has 6 heteroatoms. The van der Waals surface area contributed by atoms with Crippen LogP contribution in [0.2, 0.25) is 5.02 Å². The number of hydrogen-bond acceptors (Lipinski definition) is 4. The smallest absolute Gasteiger partial charge is 0.252 e. The zero-order chi connectivity index (χ0) is 14.3. The van der Waals surface area contributed by atoms with Gasteiger partial charge in [0, 0.05) is 19.3 Å². The summed E-state index contributed by atoms with van der Waals surface area (Å²) in [6, 6.07) is 1.67. The van der Waals surface area contributed by atoms with Crippen LogP contribution in [0, 0.1) is 0 Å². The summed E-state index contributed by atoms with van der Waals surface area (Å²) in [7, 11) is 4.01. The van der Waals surface area contributed by atoms with E-state index in [0.29, 0.717) is 22.9 Å². The van der Waals surface area contributed by atoms with Crippen LogP contribution in [0.15, 0.2) is 12.3 Å². The number of aromatic nitrogens is 1. The summed E-state index contributed by atoms with van der Waals surface area (Å²) < 4.78 is 0. The Balaban J connectivity index is 2.57. The van der Waals surface area contributed by atoms with Crippen LogP contribution in [0.5, 0.6) is 0 Å². The van der Waals surface area contributed by atoms with Crippen LogP contribution in [-0.4, -0.2) is 49.5 Å². The summed E-state index contributed by atoms with van der Waals surface area (Å²) in [5.74, 6) is 0.496. The van der Waals surface area contributed by atoms with E-state index < -0.39 is 0 Å². The summed E-state index contributed by atoms with van der Waals surface area (Å²) in [4.78, 5) is 18.2. The number of hydrogen-bond donors (Lipinski definition) is 2. The zero-order valence-electron chi connectivity index (χ0n) is 11.7. The molecule has 5 nitrogen and oxygen atoms in total. The fourth-order valence-corrected chi connectivity index (χ4v) is 1.77. The van der Waals surface area contributed by atoms with Gasteiger partial charge in [0.15, 0.2) is 0 Å². The van der Waals surface area contributed by atoms with Gasteiger partial charge < -0.3 is 15.5 Å². The summed E-state index contributed by atoms with van der Waals surface area (Å²) in [6.45, 7) is 4.29. The molecule has 19 heavy (non-hydrogen) atoms. The standard InChI is InChI=1S/C13H21ClN4O/c1-4-15-12-8-10(11(14)9-17-12)13(19)16-6-5-7-18(2)3/h8-9H,4-7H2,1-3H3,(H,15,17)(H,16,19). The van der Waals surface area contributed by atoms with Gasteiger partial charge in [-0.15, -0.1) is 0 Å². The summed E-state index contributed by atoms with van der Waals surface area (Å²) in [5, 5.41) is 6.28. The Bertz CT molecular complexity index is 423. The lowest BCUT2D eigenvalue weighted by Gasteiger charge is -2.11. The molecule has 1 amide bonds. The SMILES string of the molecule is CCNc1cc(C(=O)NCCCN(C)C)c(Cl)cn1. The fourth-order valence-electron chi connectivity index (χ4n) is 1.58. The molecule has 1 rings (SSSR count). The topological polar surface area (TPSA) is 57.3 Å². The Morgan fingerprint density at radius 3 is 2.84 bits per heavy atom. The van der Waals surface area contributed by atoms with Crippen molar-refractivity contribution in [2.45, 2.75) is 13.3 Å². The van der Waals surface area contributed by atoms with E-state index >= 15 is 0 Å². The largest absolute Gasteiger partial charge is 0.370 e. The lowest BCUT2D eigenvalue weighted by Crippen LogP contribution is -2.27. The van der Waals surface area contributed by atoms with Crippen LogP contribution in [-0.2, 0) is 0 Å². The fraction of sp³-hybridized carbons (Fsp3) is 0.538. The first-order valence-electron chi connectivity index (χ1n) is 6.37. The Labute approximate surface area is 119 Å². The van der Waals surface area contributed by atoms with E-state index in [1.165, 1.54) is 6.20 Å². The molecular formula is C13H21ClN4O. The average molecular weight is 285 g/mol. The molecule has 2 N–H and O–H groups in total. The summed E-state index contributed by atoms with van der Waals surface area (Å²) in [6.07, 6.45) is 2.40. The van der Waals surface area contributed by atoms with Crippen molar-refractivity contribution in [2.75, 3.05) is 39.0 Å². The molecule has 0 bridgehead atoms. The number of amides is 1. The van der Waals surface area contributed by atoms with Crippen LogP contribution in [0.4, 0.5) is 5.82 Å². The second-order valence-electron chi connectivity index (χ2n) is 4.49. The first-order chi connectivity index (χ1) is 9.04. The molecule has 1 aromatic heterocycles. The normalized spacial score (nSPS) is 10.6. The van der Waals surface area contributed by atoms with Gasteiger partial charge in [-0.05, 0) is 40.1 Å². The second kappa shape index (κ2) is 7.96. The molecule has 0 aliphatic heterocycles. The number of nitrogens with one attached hydrogen (secondary N) is 2. The van der Waals surface area contributed by atoms with E-state index in [1.54, 1.807) is 6.07 Å². The minimum atomic E-state index is -0.162. The molecule has 0 aromatic carbocycles. The number of carbonyl (C=O) groups excluding carboxylic acids is 1. The molecule has 0 saturated carbocycles. The van der Waals surface area contributed by atoms with Crippen molar-refractivity contribution >= 4 is 23.3 Å². The van der Waals surface area contributed by atoms with Gasteiger partial charge in [-0.25, -0.2) is 4.98 Å². The molecular weight excluding hydrogens is 264 g/mol. The molecule has 106 valence electrons. The highest BCUT2D eigenvalue weighted by atomic mass is 35.5. The number of anilines is 1. The van der Waals surface area contributed by atoms with Crippen molar-refractivity contribution in [1.82, 2.24) is 15.2 Å². The molecule has 0 fully saturated rings. The van der Waals surface area contributed by atoms with Gasteiger partial charge in [0.1, 0.15) is 5.82 Å². The van der Waals surface area contributed by atoms with Gasteiger partial charge in [0.2, 0.25) is 0 Å². The third kappa shape index (κ3) is 5.44. The second-order valence-corrected chi connectivity index (χ2v) is 4.90. The number of pyridine rings is 1. The van der Waals surface area contributed by atoms with Crippen molar-refractivity contribution in [3.63, 3.8) is 0 Å². The lowest BCUT2D eigenvalue weighted by atomic mass is 10.2. The molecule has 0 unspecified atom stereocenters. The molecule has 0 radical (unpaired) electrons. The van der Waals surface area contributed by atoms with Crippen molar-refractivity contribution in [1.29, 1.82) is 0 Å². The molecule has 1 heterocycles. The predicted octanol–water partition coefficient (Wildman–Crippen LogP) is 1.85. The van der Waals surface area contributed by atoms with Crippen LogP contribution < -0.4 is 10.6 Å².